The molecule has 2 aliphatic carbocycles. The predicted octanol–water partition coefficient (Wildman–Crippen LogP) is 6.70. The van der Waals surface area contributed by atoms with E-state index in [9.17, 15) is 0 Å². The van der Waals surface area contributed by atoms with Crippen molar-refractivity contribution < 1.29 is 21.7 Å². The van der Waals surface area contributed by atoms with E-state index in [0.29, 0.717) is 0 Å². The van der Waals surface area contributed by atoms with E-state index in [2.05, 4.69) is 86.5 Å². The van der Waals surface area contributed by atoms with Gasteiger partial charge in [-0.05, 0) is 12.1 Å². The molecule has 165 valence electrons. The first-order chi connectivity index (χ1) is 14.7. The Balaban J connectivity index is 0.000000578. The smallest absolute Gasteiger partial charge is 0.673 e. The number of fused-ring (bicyclic) bond motifs is 2. The fraction of sp³-hybridized carbons (Fsp3) is 0.241. The topological polar surface area (TPSA) is 23.8 Å². The Hall–Kier alpha value is -1.97. The third-order valence-electron chi connectivity index (χ3n) is 3.85. The van der Waals surface area contributed by atoms with Gasteiger partial charge in [-0.2, -0.15) is 5.22 Å². The number of rotatable bonds is 2. The SMILES string of the molecule is C=CC=CC.CC(C)(C)[NH-].C[SiH]C.[C-]1=c2cc3c(cc2C(c2ccccc2)=C1)=CC=C3.[Ti+2]. The first-order valence-corrected chi connectivity index (χ1v) is 13.0. The van der Waals surface area contributed by atoms with Gasteiger partial charge in [-0.15, -0.1) is 34.9 Å². The number of allylic oxidation sites excluding steroid dienone is 5. The second-order valence-electron chi connectivity index (χ2n) is 8.21. The number of nitrogens with one attached hydrogen (secondary N) is 1. The molecule has 0 unspecified atom stereocenters. The van der Waals surface area contributed by atoms with Gasteiger partial charge in [0.05, 0.1) is 0 Å². The molecular formula is C29H36NSiTi. The van der Waals surface area contributed by atoms with Crippen molar-refractivity contribution in [2.24, 2.45) is 0 Å². The molecule has 3 heteroatoms. The summed E-state index contributed by atoms with van der Waals surface area (Å²) in [4.78, 5) is 0. The number of benzene rings is 2. The third-order valence-corrected chi connectivity index (χ3v) is 3.85. The molecule has 0 heterocycles. The minimum absolute atomic E-state index is 0. The molecule has 0 saturated carbocycles. The minimum Gasteiger partial charge on any atom is -0.673 e. The van der Waals surface area contributed by atoms with Crippen LogP contribution in [0.2, 0.25) is 13.1 Å². The molecule has 2 aromatic rings. The maximum atomic E-state index is 6.94. The van der Waals surface area contributed by atoms with Gasteiger partial charge in [-0.25, -0.2) is 0 Å². The van der Waals surface area contributed by atoms with Gasteiger partial charge in [0, 0.05) is 9.52 Å². The van der Waals surface area contributed by atoms with E-state index in [1.807, 2.05) is 45.9 Å². The van der Waals surface area contributed by atoms with Gasteiger partial charge in [-0.3, -0.25) is 0 Å². The summed E-state index contributed by atoms with van der Waals surface area (Å²) in [5, 5.41) is 2.51. The van der Waals surface area contributed by atoms with E-state index in [4.69, 9.17) is 5.73 Å². The van der Waals surface area contributed by atoms with Gasteiger partial charge in [0.2, 0.25) is 0 Å². The minimum atomic E-state index is -0.250. The largest absolute Gasteiger partial charge is 2.00 e. The molecule has 1 nitrogen and oxygen atoms in total. The van der Waals surface area contributed by atoms with Crippen molar-refractivity contribution in [2.75, 3.05) is 0 Å². The van der Waals surface area contributed by atoms with Gasteiger partial charge in [-0.1, -0.05) is 124 Å². The molecule has 2 aromatic carbocycles. The van der Waals surface area contributed by atoms with Crippen molar-refractivity contribution in [1.82, 2.24) is 0 Å². The Bertz CT molecular complexity index is 1030. The predicted molar refractivity (Wildman–Crippen MR) is 144 cm³/mol. The van der Waals surface area contributed by atoms with Crippen LogP contribution in [0.4, 0.5) is 0 Å². The molecule has 2 aliphatic rings. The van der Waals surface area contributed by atoms with E-state index >= 15 is 0 Å². The molecule has 1 radical (unpaired) electrons. The van der Waals surface area contributed by atoms with Gasteiger partial charge in [0.25, 0.3) is 0 Å². The summed E-state index contributed by atoms with van der Waals surface area (Å²) in [6.07, 6.45) is 17.5. The summed E-state index contributed by atoms with van der Waals surface area (Å²) < 4.78 is 0. The number of hydrogen-bond acceptors (Lipinski definition) is 0. The van der Waals surface area contributed by atoms with Gasteiger partial charge in [0.1, 0.15) is 0 Å². The summed E-state index contributed by atoms with van der Waals surface area (Å²) in [5.41, 5.74) is 11.8. The molecule has 1 N–H and O–H groups in total. The van der Waals surface area contributed by atoms with Crippen LogP contribution in [0.3, 0.4) is 0 Å². The normalized spacial score (nSPS) is 12.0. The van der Waals surface area contributed by atoms with E-state index in [0.717, 1.165) is 9.52 Å². The van der Waals surface area contributed by atoms with Crippen LogP contribution in [0.5, 0.6) is 0 Å². The van der Waals surface area contributed by atoms with Crippen molar-refractivity contribution in [2.45, 2.75) is 46.3 Å². The molecule has 0 amide bonds. The van der Waals surface area contributed by atoms with Gasteiger partial charge < -0.3 is 5.73 Å². The molecule has 0 spiro atoms. The zero-order valence-corrected chi connectivity index (χ0v) is 23.1. The third kappa shape index (κ3) is 11.1. The molecule has 0 atom stereocenters. The van der Waals surface area contributed by atoms with Crippen LogP contribution in [-0.2, 0) is 21.7 Å². The second kappa shape index (κ2) is 15.8. The van der Waals surface area contributed by atoms with E-state index in [1.54, 1.807) is 6.08 Å². The summed E-state index contributed by atoms with van der Waals surface area (Å²) in [7, 11) is 0.750. The molecule has 0 fully saturated rings. The monoisotopic (exact) mass is 474 g/mol. The fourth-order valence-corrected chi connectivity index (χ4v) is 2.74. The molecule has 0 saturated heterocycles. The Morgan fingerprint density at radius 2 is 1.66 bits per heavy atom. The van der Waals surface area contributed by atoms with Crippen molar-refractivity contribution in [3.05, 3.63) is 112 Å². The van der Waals surface area contributed by atoms with Crippen LogP contribution in [0.25, 0.3) is 29.5 Å². The summed E-state index contributed by atoms with van der Waals surface area (Å²) >= 11 is 0. The molecule has 0 bridgehead atoms. The molecule has 0 aliphatic heterocycles. The zero-order chi connectivity index (χ0) is 23.3. The van der Waals surface area contributed by atoms with Crippen LogP contribution in [0.15, 0.2) is 79.4 Å². The van der Waals surface area contributed by atoms with E-state index in [1.165, 1.54) is 32.7 Å². The first kappa shape index (κ1) is 30.0. The zero-order valence-electron chi connectivity index (χ0n) is 20.4. The van der Waals surface area contributed by atoms with Crippen LogP contribution in [0, 0.1) is 0 Å². The Kier molecular flexibility index (Phi) is 14.8. The fourth-order valence-electron chi connectivity index (χ4n) is 2.74. The van der Waals surface area contributed by atoms with Crippen molar-refractivity contribution in [3.8, 4) is 0 Å². The average molecular weight is 475 g/mol. The molecular weight excluding hydrogens is 438 g/mol. The molecule has 32 heavy (non-hydrogen) atoms. The van der Waals surface area contributed by atoms with Crippen LogP contribution < -0.4 is 10.4 Å². The van der Waals surface area contributed by atoms with Crippen LogP contribution in [-0.4, -0.2) is 15.1 Å². The Morgan fingerprint density at radius 3 is 2.16 bits per heavy atom. The van der Waals surface area contributed by atoms with Crippen molar-refractivity contribution in [3.63, 3.8) is 0 Å². The summed E-state index contributed by atoms with van der Waals surface area (Å²) in [6, 6.07) is 15.0. The molecule has 4 rings (SSSR count). The standard InChI is InChI=1S/C18H11.C5H8.C4H10N.C2H7Si.Ti/c1-2-5-13(6-3-1)17-10-9-16-11-14-7-4-8-15(14)12-18(16)17;1-3-5-4-2;1-4(2,3)5;1-3-2;/h1-8,10-12H;3-5H,1H2,2H3;5H,1-3H3;3H,1-2H3;/q-1;;-1;;+2. The maximum Gasteiger partial charge on any atom is 2.00 e. The second-order valence-corrected chi connectivity index (χ2v) is 9.36. The Morgan fingerprint density at radius 1 is 1.06 bits per heavy atom. The van der Waals surface area contributed by atoms with Crippen LogP contribution >= 0.6 is 0 Å². The van der Waals surface area contributed by atoms with E-state index in [-0.39, 0.29) is 27.3 Å². The van der Waals surface area contributed by atoms with Crippen LogP contribution in [0.1, 0.15) is 44.4 Å². The number of hydrogen-bond donors (Lipinski definition) is 0. The quantitative estimate of drug-likeness (QED) is 0.263. The van der Waals surface area contributed by atoms with Crippen molar-refractivity contribution in [1.29, 1.82) is 0 Å². The summed E-state index contributed by atoms with van der Waals surface area (Å²) in [5.74, 6) is 0. The van der Waals surface area contributed by atoms with Gasteiger partial charge >= 0.3 is 21.7 Å². The first-order valence-electron chi connectivity index (χ1n) is 10.7. The molecule has 0 aromatic heterocycles. The summed E-state index contributed by atoms with van der Waals surface area (Å²) in [6.45, 7) is 15.4. The van der Waals surface area contributed by atoms with E-state index < -0.39 is 0 Å². The Labute approximate surface area is 212 Å². The average Bonchev–Trinajstić information content (AvgIpc) is 3.33. The maximum absolute atomic E-state index is 6.94. The van der Waals surface area contributed by atoms with Crippen molar-refractivity contribution >= 4 is 33.3 Å². The van der Waals surface area contributed by atoms with Gasteiger partial charge in [0.15, 0.2) is 0 Å².